The van der Waals surface area contributed by atoms with Crippen molar-refractivity contribution < 1.29 is 28.7 Å². The first-order chi connectivity index (χ1) is 17.8. The van der Waals surface area contributed by atoms with Crippen molar-refractivity contribution in [3.8, 4) is 11.5 Å². The lowest BCUT2D eigenvalue weighted by molar-refractivity contribution is -0.384. The molecule has 186 valence electrons. The van der Waals surface area contributed by atoms with Crippen molar-refractivity contribution >= 4 is 47.3 Å². The Labute approximate surface area is 216 Å². The zero-order chi connectivity index (χ0) is 26.4. The number of aliphatic imine (C=N–C) groups is 1. The molecule has 0 saturated heterocycles. The molecule has 0 amide bonds. The van der Waals surface area contributed by atoms with Crippen LogP contribution in [-0.2, 0) is 14.3 Å². The smallest absolute Gasteiger partial charge is 0.363 e. The number of halogens is 1. The number of cyclic esters (lactones) is 1. The van der Waals surface area contributed by atoms with E-state index in [1.807, 2.05) is 0 Å². The number of hydrogen-bond donors (Lipinski definition) is 0. The third-order valence-electron chi connectivity index (χ3n) is 5.01. The first kappa shape index (κ1) is 25.3. The number of nitro groups is 1. The number of carbonyl (C=O) groups excluding carboxylic acids is 2. The van der Waals surface area contributed by atoms with Gasteiger partial charge in [0.05, 0.1) is 11.5 Å². The number of benzene rings is 3. The SMILES string of the molecule is CCOc1cc(/C=C2\N=C(c3ccc(Cl)cc3)OC2=O)ccc1OC(=O)/C=C/c1ccc([N+](=O)[O-])cc1. The van der Waals surface area contributed by atoms with Crippen LogP contribution >= 0.6 is 11.6 Å². The summed E-state index contributed by atoms with van der Waals surface area (Å²) in [6.45, 7) is 2.09. The highest BCUT2D eigenvalue weighted by Gasteiger charge is 2.24. The maximum Gasteiger partial charge on any atom is 0.363 e. The van der Waals surface area contributed by atoms with Crippen LogP contribution in [0.1, 0.15) is 23.6 Å². The van der Waals surface area contributed by atoms with E-state index in [4.69, 9.17) is 25.8 Å². The summed E-state index contributed by atoms with van der Waals surface area (Å²) in [4.78, 5) is 39.2. The Morgan fingerprint density at radius 1 is 1.05 bits per heavy atom. The number of non-ortho nitro benzene ring substituents is 1. The van der Waals surface area contributed by atoms with Gasteiger partial charge in [-0.1, -0.05) is 17.7 Å². The number of ether oxygens (including phenoxy) is 3. The van der Waals surface area contributed by atoms with Crippen LogP contribution in [0.15, 0.2) is 83.5 Å². The fourth-order valence-electron chi connectivity index (χ4n) is 3.26. The van der Waals surface area contributed by atoms with E-state index < -0.39 is 16.9 Å². The highest BCUT2D eigenvalue weighted by Crippen LogP contribution is 2.30. The van der Waals surface area contributed by atoms with Gasteiger partial charge in [0.15, 0.2) is 17.2 Å². The zero-order valence-electron chi connectivity index (χ0n) is 19.4. The molecule has 3 aromatic carbocycles. The van der Waals surface area contributed by atoms with Gasteiger partial charge in [0.1, 0.15) is 0 Å². The molecule has 0 spiro atoms. The quantitative estimate of drug-likeness (QED) is 0.125. The molecule has 0 radical (unpaired) electrons. The van der Waals surface area contributed by atoms with E-state index in [0.717, 1.165) is 0 Å². The minimum absolute atomic E-state index is 0.0473. The van der Waals surface area contributed by atoms with Crippen molar-refractivity contribution in [2.24, 2.45) is 4.99 Å². The van der Waals surface area contributed by atoms with E-state index in [2.05, 4.69) is 4.99 Å². The topological polar surface area (TPSA) is 117 Å². The number of rotatable bonds is 8. The molecule has 1 aliphatic heterocycles. The molecule has 4 rings (SSSR count). The first-order valence-corrected chi connectivity index (χ1v) is 11.4. The van der Waals surface area contributed by atoms with Gasteiger partial charge in [-0.25, -0.2) is 14.6 Å². The van der Waals surface area contributed by atoms with Gasteiger partial charge in [-0.2, -0.15) is 0 Å². The normalized spacial score (nSPS) is 13.9. The van der Waals surface area contributed by atoms with Crippen molar-refractivity contribution in [3.63, 3.8) is 0 Å². The Balaban J connectivity index is 1.50. The number of carbonyl (C=O) groups is 2. The third kappa shape index (κ3) is 6.47. The van der Waals surface area contributed by atoms with E-state index in [1.54, 1.807) is 49.4 Å². The van der Waals surface area contributed by atoms with Crippen molar-refractivity contribution in [3.05, 3.63) is 110 Å². The molecule has 0 aliphatic carbocycles. The van der Waals surface area contributed by atoms with Crippen molar-refractivity contribution in [1.29, 1.82) is 0 Å². The third-order valence-corrected chi connectivity index (χ3v) is 5.26. The second kappa shape index (κ2) is 11.3. The monoisotopic (exact) mass is 518 g/mol. The highest BCUT2D eigenvalue weighted by molar-refractivity contribution is 6.30. The van der Waals surface area contributed by atoms with Gasteiger partial charge in [0.2, 0.25) is 5.90 Å². The molecule has 1 aliphatic rings. The van der Waals surface area contributed by atoms with Crippen LogP contribution in [0.4, 0.5) is 5.69 Å². The van der Waals surface area contributed by atoms with Crippen LogP contribution < -0.4 is 9.47 Å². The molecule has 0 N–H and O–H groups in total. The lowest BCUT2D eigenvalue weighted by Crippen LogP contribution is -2.06. The maximum atomic E-state index is 12.3. The van der Waals surface area contributed by atoms with Crippen LogP contribution in [0, 0.1) is 10.1 Å². The van der Waals surface area contributed by atoms with Gasteiger partial charge in [0, 0.05) is 28.8 Å². The maximum absolute atomic E-state index is 12.3. The number of nitrogens with zero attached hydrogens (tertiary/aromatic N) is 2. The predicted octanol–water partition coefficient (Wildman–Crippen LogP) is 5.61. The van der Waals surface area contributed by atoms with Crippen LogP contribution in [0.2, 0.25) is 5.02 Å². The highest BCUT2D eigenvalue weighted by atomic mass is 35.5. The fraction of sp³-hybridized carbons (Fsp3) is 0.0741. The minimum atomic E-state index is -0.665. The number of nitro benzene ring substituents is 1. The summed E-state index contributed by atoms with van der Waals surface area (Å²) in [7, 11) is 0. The summed E-state index contributed by atoms with van der Waals surface area (Å²) in [5.74, 6) is -0.621. The second-order valence-electron chi connectivity index (χ2n) is 7.59. The van der Waals surface area contributed by atoms with Crippen LogP contribution in [-0.4, -0.2) is 29.4 Å². The van der Waals surface area contributed by atoms with Gasteiger partial charge in [-0.15, -0.1) is 0 Å². The van der Waals surface area contributed by atoms with Gasteiger partial charge >= 0.3 is 11.9 Å². The fourth-order valence-corrected chi connectivity index (χ4v) is 3.39. The molecule has 9 nitrogen and oxygen atoms in total. The Bertz CT molecular complexity index is 1440. The first-order valence-electron chi connectivity index (χ1n) is 11.0. The predicted molar refractivity (Wildman–Crippen MR) is 137 cm³/mol. The summed E-state index contributed by atoms with van der Waals surface area (Å²) >= 11 is 5.90. The molecule has 0 unspecified atom stereocenters. The molecule has 37 heavy (non-hydrogen) atoms. The van der Waals surface area contributed by atoms with Crippen LogP contribution in [0.3, 0.4) is 0 Å². The molecule has 0 bridgehead atoms. The van der Waals surface area contributed by atoms with E-state index in [0.29, 0.717) is 34.1 Å². The van der Waals surface area contributed by atoms with Crippen molar-refractivity contribution in [1.82, 2.24) is 0 Å². The second-order valence-corrected chi connectivity index (χ2v) is 8.02. The van der Waals surface area contributed by atoms with Gasteiger partial charge < -0.3 is 14.2 Å². The molecule has 0 aromatic heterocycles. The average Bonchev–Trinajstić information content (AvgIpc) is 3.25. The molecular weight excluding hydrogens is 500 g/mol. The molecular formula is C27H19ClN2O7. The standard InChI is InChI=1S/C27H19ClN2O7/c1-2-35-24-16-18(15-22-27(32)37-26(29-22)19-7-9-20(28)10-8-19)5-13-23(24)36-25(31)14-6-17-3-11-21(12-4-17)30(33)34/h3-16H,2H2,1H3/b14-6+,22-15-. The average molecular weight is 519 g/mol. The lowest BCUT2D eigenvalue weighted by atomic mass is 10.1. The summed E-state index contributed by atoms with van der Waals surface area (Å²) < 4.78 is 16.3. The van der Waals surface area contributed by atoms with Gasteiger partial charge in [0.25, 0.3) is 5.69 Å². The summed E-state index contributed by atoms with van der Waals surface area (Å²) in [5.41, 5.74) is 1.84. The largest absolute Gasteiger partial charge is 0.490 e. The Kier molecular flexibility index (Phi) is 7.75. The van der Waals surface area contributed by atoms with Crippen LogP contribution in [0.25, 0.3) is 12.2 Å². The van der Waals surface area contributed by atoms with E-state index in [1.165, 1.54) is 42.5 Å². The zero-order valence-corrected chi connectivity index (χ0v) is 20.2. The molecule has 0 saturated carbocycles. The molecule has 0 fully saturated rings. The van der Waals surface area contributed by atoms with E-state index >= 15 is 0 Å². The number of esters is 2. The Morgan fingerprint density at radius 2 is 1.76 bits per heavy atom. The van der Waals surface area contributed by atoms with Crippen molar-refractivity contribution in [2.75, 3.05) is 6.61 Å². The summed E-state index contributed by atoms with van der Waals surface area (Å²) in [6, 6.07) is 17.3. The Hall–Kier alpha value is -4.76. The van der Waals surface area contributed by atoms with E-state index in [-0.39, 0.29) is 23.0 Å². The minimum Gasteiger partial charge on any atom is -0.490 e. The summed E-state index contributed by atoms with van der Waals surface area (Å²) in [5, 5.41) is 11.3. The van der Waals surface area contributed by atoms with Gasteiger partial charge in [-0.3, -0.25) is 10.1 Å². The lowest BCUT2D eigenvalue weighted by Gasteiger charge is -2.10. The molecule has 10 heteroatoms. The van der Waals surface area contributed by atoms with E-state index in [9.17, 15) is 19.7 Å². The van der Waals surface area contributed by atoms with Crippen molar-refractivity contribution in [2.45, 2.75) is 6.92 Å². The molecule has 1 heterocycles. The Morgan fingerprint density at radius 3 is 2.43 bits per heavy atom. The summed E-state index contributed by atoms with van der Waals surface area (Å²) in [6.07, 6.45) is 4.22. The van der Waals surface area contributed by atoms with Gasteiger partial charge in [-0.05, 0) is 78.7 Å². The van der Waals surface area contributed by atoms with Crippen LogP contribution in [0.5, 0.6) is 11.5 Å². The molecule has 0 atom stereocenters. The number of hydrogen-bond acceptors (Lipinski definition) is 8. The molecule has 3 aromatic rings.